The van der Waals surface area contributed by atoms with Crippen molar-refractivity contribution in [1.82, 2.24) is 5.32 Å². The molecular weight excluding hydrogens is 566 g/mol. The molecule has 0 aliphatic carbocycles. The molecule has 39 heavy (non-hydrogen) atoms. The van der Waals surface area contributed by atoms with Crippen LogP contribution < -0.4 is 15.0 Å². The molecule has 1 heterocycles. The molecule has 0 atom stereocenters. The largest absolute Gasteiger partial charge is 0.449 e. The average Bonchev–Trinajstić information content (AvgIpc) is 2.84. The number of amides is 4. The van der Waals surface area contributed by atoms with E-state index >= 15 is 0 Å². The second-order valence-electron chi connectivity index (χ2n) is 8.11. The van der Waals surface area contributed by atoms with Crippen LogP contribution in [0.3, 0.4) is 0 Å². The third-order valence-corrected chi connectivity index (χ3v) is 5.96. The van der Waals surface area contributed by atoms with E-state index in [4.69, 9.17) is 27.9 Å². The van der Waals surface area contributed by atoms with Gasteiger partial charge in [0.05, 0.1) is 16.2 Å². The summed E-state index contributed by atoms with van der Waals surface area (Å²) in [7, 11) is 0. The van der Waals surface area contributed by atoms with Crippen LogP contribution in [0, 0.1) is 17.0 Å². The van der Waals surface area contributed by atoms with Crippen LogP contribution in [0.5, 0.6) is 11.5 Å². The van der Waals surface area contributed by atoms with Gasteiger partial charge >= 0.3 is 17.9 Å². The number of anilines is 1. The topological polar surface area (TPSA) is 119 Å². The molecule has 1 fully saturated rings. The first-order valence-electron chi connectivity index (χ1n) is 10.8. The summed E-state index contributed by atoms with van der Waals surface area (Å²) in [4.78, 5) is 49.6. The number of benzene rings is 3. The van der Waals surface area contributed by atoms with Crippen molar-refractivity contribution < 1.29 is 37.2 Å². The van der Waals surface area contributed by atoms with Crippen LogP contribution in [0.2, 0.25) is 10.0 Å². The van der Waals surface area contributed by atoms with E-state index in [1.54, 1.807) is 19.1 Å². The van der Waals surface area contributed by atoms with Gasteiger partial charge < -0.3 is 4.74 Å². The molecule has 4 amide bonds. The lowest BCUT2D eigenvalue weighted by Gasteiger charge is -2.27. The maximum absolute atomic E-state index is 13.3. The van der Waals surface area contributed by atoms with Crippen LogP contribution in [0.4, 0.5) is 29.3 Å². The summed E-state index contributed by atoms with van der Waals surface area (Å²) >= 11 is 12.1. The highest BCUT2D eigenvalue weighted by Crippen LogP contribution is 2.39. The lowest BCUT2D eigenvalue weighted by atomic mass is 10.0. The monoisotopic (exact) mass is 579 g/mol. The maximum Gasteiger partial charge on any atom is 0.416 e. The Bertz CT molecular complexity index is 1590. The number of hydrogen-bond donors (Lipinski definition) is 1. The van der Waals surface area contributed by atoms with Crippen molar-refractivity contribution in [2.24, 2.45) is 0 Å². The summed E-state index contributed by atoms with van der Waals surface area (Å²) in [6.45, 7) is 1.62. The molecule has 0 saturated carbocycles. The molecule has 1 N–H and O–H groups in total. The molecule has 0 radical (unpaired) electrons. The number of barbiturate groups is 1. The van der Waals surface area contributed by atoms with Crippen molar-refractivity contribution in [2.45, 2.75) is 13.1 Å². The Morgan fingerprint density at radius 1 is 0.974 bits per heavy atom. The van der Waals surface area contributed by atoms with Crippen molar-refractivity contribution >= 4 is 58.5 Å². The first kappa shape index (κ1) is 27.6. The second kappa shape index (κ2) is 10.4. The van der Waals surface area contributed by atoms with E-state index in [0.717, 1.165) is 12.1 Å². The molecule has 200 valence electrons. The predicted octanol–water partition coefficient (Wildman–Crippen LogP) is 6.69. The Hall–Kier alpha value is -4.42. The van der Waals surface area contributed by atoms with E-state index in [2.05, 4.69) is 0 Å². The number of nitro benzene ring substituents is 1. The number of halogens is 5. The van der Waals surface area contributed by atoms with E-state index in [1.807, 2.05) is 5.32 Å². The number of rotatable bonds is 5. The minimum Gasteiger partial charge on any atom is -0.449 e. The molecule has 0 aromatic heterocycles. The highest BCUT2D eigenvalue weighted by atomic mass is 35.5. The third-order valence-electron chi connectivity index (χ3n) is 5.49. The van der Waals surface area contributed by atoms with Gasteiger partial charge in [0.25, 0.3) is 11.8 Å². The zero-order valence-corrected chi connectivity index (χ0v) is 21.0. The molecule has 1 aliphatic rings. The van der Waals surface area contributed by atoms with Crippen LogP contribution in [0.25, 0.3) is 6.08 Å². The Morgan fingerprint density at radius 2 is 1.62 bits per heavy atom. The molecule has 4 rings (SSSR count). The summed E-state index contributed by atoms with van der Waals surface area (Å²) in [6.07, 6.45) is -3.80. The fraction of sp³-hybridized carbons (Fsp3) is 0.0800. The van der Waals surface area contributed by atoms with Gasteiger partial charge in [-0.05, 0) is 61.0 Å². The SMILES string of the molecule is Cc1ccc(Cl)cc1N1C(=O)NC(=O)/C(=C\c2cc(Cl)ccc2Oc2ccc(C(F)(F)F)cc2[N+](=O)[O-])C1=O. The number of aryl methyl sites for hydroxylation is 1. The van der Waals surface area contributed by atoms with Crippen molar-refractivity contribution in [3.8, 4) is 11.5 Å². The number of nitrogens with one attached hydrogen (secondary N) is 1. The summed E-state index contributed by atoms with van der Waals surface area (Å²) in [5.41, 5.74) is -2.18. The van der Waals surface area contributed by atoms with Gasteiger partial charge in [0.15, 0.2) is 0 Å². The van der Waals surface area contributed by atoms with Crippen LogP contribution in [0.15, 0.2) is 60.2 Å². The number of hydrogen-bond acceptors (Lipinski definition) is 6. The van der Waals surface area contributed by atoms with E-state index in [-0.39, 0.29) is 27.0 Å². The Morgan fingerprint density at radius 3 is 2.28 bits per heavy atom. The van der Waals surface area contributed by atoms with Gasteiger partial charge in [-0.15, -0.1) is 0 Å². The van der Waals surface area contributed by atoms with Crippen LogP contribution in [-0.2, 0) is 15.8 Å². The van der Waals surface area contributed by atoms with Gasteiger partial charge in [0, 0.05) is 21.7 Å². The average molecular weight is 580 g/mol. The molecule has 0 bridgehead atoms. The van der Waals surface area contributed by atoms with Crippen LogP contribution in [0.1, 0.15) is 16.7 Å². The minimum atomic E-state index is -4.83. The van der Waals surface area contributed by atoms with Crippen molar-refractivity contribution in [3.63, 3.8) is 0 Å². The normalized spacial score (nSPS) is 15.0. The summed E-state index contributed by atoms with van der Waals surface area (Å²) in [5, 5.41) is 13.9. The minimum absolute atomic E-state index is 0.0349. The third kappa shape index (κ3) is 5.71. The highest BCUT2D eigenvalue weighted by Gasteiger charge is 2.38. The molecule has 3 aromatic rings. The van der Waals surface area contributed by atoms with Gasteiger partial charge in [0.2, 0.25) is 5.75 Å². The molecule has 1 saturated heterocycles. The maximum atomic E-state index is 13.3. The summed E-state index contributed by atoms with van der Waals surface area (Å²) in [6, 6.07) is 8.97. The number of urea groups is 1. The number of nitrogens with zero attached hydrogens (tertiary/aromatic N) is 2. The number of imide groups is 2. The molecule has 1 aliphatic heterocycles. The number of alkyl halides is 3. The molecule has 0 unspecified atom stereocenters. The van der Waals surface area contributed by atoms with Crippen molar-refractivity contribution in [2.75, 3.05) is 4.90 Å². The van der Waals surface area contributed by atoms with Gasteiger partial charge in [-0.2, -0.15) is 13.2 Å². The first-order chi connectivity index (χ1) is 18.3. The quantitative estimate of drug-likeness (QED) is 0.156. The predicted molar refractivity (Wildman–Crippen MR) is 135 cm³/mol. The van der Waals surface area contributed by atoms with Gasteiger partial charge in [-0.1, -0.05) is 29.3 Å². The second-order valence-corrected chi connectivity index (χ2v) is 8.98. The highest BCUT2D eigenvalue weighted by molar-refractivity contribution is 6.40. The lowest BCUT2D eigenvalue weighted by Crippen LogP contribution is -2.54. The standard InChI is InChI=1S/C25H14Cl2F3N3O6/c1-12-2-4-16(27)11-18(12)32-23(35)17(22(34)31-24(32)36)9-13-8-15(26)5-7-20(13)39-21-6-3-14(25(28,29)30)10-19(21)33(37)38/h2-11H,1H3,(H,31,34,36)/b17-9+. The lowest BCUT2D eigenvalue weighted by molar-refractivity contribution is -0.385. The Labute approximate surface area is 227 Å². The van der Waals surface area contributed by atoms with Crippen LogP contribution >= 0.6 is 23.2 Å². The van der Waals surface area contributed by atoms with E-state index in [9.17, 15) is 37.7 Å². The van der Waals surface area contributed by atoms with Crippen molar-refractivity contribution in [3.05, 3.63) is 97.0 Å². The van der Waals surface area contributed by atoms with Gasteiger partial charge in [0.1, 0.15) is 11.3 Å². The Balaban J connectivity index is 1.78. The fourth-order valence-corrected chi connectivity index (χ4v) is 3.97. The van der Waals surface area contributed by atoms with E-state index in [1.165, 1.54) is 24.3 Å². The summed E-state index contributed by atoms with van der Waals surface area (Å²) < 4.78 is 44.8. The van der Waals surface area contributed by atoms with Crippen molar-refractivity contribution in [1.29, 1.82) is 0 Å². The zero-order valence-electron chi connectivity index (χ0n) is 19.5. The van der Waals surface area contributed by atoms with Gasteiger partial charge in [-0.3, -0.25) is 25.0 Å². The van der Waals surface area contributed by atoms with Crippen LogP contribution in [-0.4, -0.2) is 22.8 Å². The fourth-order valence-electron chi connectivity index (χ4n) is 3.62. The number of carbonyl (C=O) groups is 3. The number of ether oxygens (including phenoxy) is 1. The summed E-state index contributed by atoms with van der Waals surface area (Å²) in [5.74, 6) is -2.79. The number of nitro groups is 1. The number of carbonyl (C=O) groups excluding carboxylic acids is 3. The molecule has 3 aromatic carbocycles. The molecule has 14 heteroatoms. The zero-order chi connectivity index (χ0) is 28.6. The first-order valence-corrected chi connectivity index (χ1v) is 11.5. The Kier molecular flexibility index (Phi) is 7.35. The smallest absolute Gasteiger partial charge is 0.416 e. The molecule has 0 spiro atoms. The molecular formula is C25H14Cl2F3N3O6. The van der Waals surface area contributed by atoms with E-state index < -0.39 is 51.5 Å². The van der Waals surface area contributed by atoms with E-state index in [0.29, 0.717) is 22.6 Å². The molecule has 9 nitrogen and oxygen atoms in total. The van der Waals surface area contributed by atoms with Gasteiger partial charge in [-0.25, -0.2) is 9.69 Å².